The molecule has 0 aliphatic heterocycles. The van der Waals surface area contributed by atoms with Gasteiger partial charge >= 0.3 is 17.9 Å². The van der Waals surface area contributed by atoms with Crippen molar-refractivity contribution >= 4 is 35.3 Å². The minimum Gasteiger partial charge on any atom is -0.481 e. The molecule has 1 aliphatic rings. The number of rotatable bonds is 15. The Hall–Kier alpha value is -2.19. The number of Topliss-reactive ketones (excluding diaryl/α,β-unsaturated/α-hetero) is 1. The average molecular weight is 487 g/mol. The monoisotopic (exact) mass is 486 g/mol. The first-order valence-corrected chi connectivity index (χ1v) is 11.8. The molecule has 186 valence electrons. The number of carboxylic acids is 1. The summed E-state index contributed by atoms with van der Waals surface area (Å²) in [7, 11) is 0. The van der Waals surface area contributed by atoms with E-state index in [2.05, 4.69) is 6.92 Å². The lowest BCUT2D eigenvalue weighted by Gasteiger charge is -2.27. The van der Waals surface area contributed by atoms with Crippen LogP contribution in [0, 0.1) is 0 Å². The molecule has 0 aromatic carbocycles. The van der Waals surface area contributed by atoms with Gasteiger partial charge in [0.1, 0.15) is 11.7 Å². The molecule has 8 nitrogen and oxygen atoms in total. The molecule has 9 heteroatoms. The fraction of sp³-hybridized carbons (Fsp3) is 0.667. The maximum atomic E-state index is 12.7. The van der Waals surface area contributed by atoms with Crippen molar-refractivity contribution in [1.29, 1.82) is 0 Å². The van der Waals surface area contributed by atoms with E-state index in [1.54, 1.807) is 0 Å². The van der Waals surface area contributed by atoms with Crippen molar-refractivity contribution in [2.24, 2.45) is 0 Å². The lowest BCUT2D eigenvalue weighted by molar-refractivity contribution is -0.162. The van der Waals surface area contributed by atoms with Crippen molar-refractivity contribution in [2.45, 2.75) is 103 Å². The summed E-state index contributed by atoms with van der Waals surface area (Å²) in [5.41, 5.74) is -1.67. The van der Waals surface area contributed by atoms with Gasteiger partial charge in [-0.2, -0.15) is 0 Å². The third-order valence-electron chi connectivity index (χ3n) is 5.40. The van der Waals surface area contributed by atoms with Gasteiger partial charge in [-0.25, -0.2) is 0 Å². The van der Waals surface area contributed by atoms with E-state index in [4.69, 9.17) is 26.2 Å². The zero-order chi connectivity index (χ0) is 25.0. The highest BCUT2D eigenvalue weighted by atomic mass is 35.5. The van der Waals surface area contributed by atoms with Crippen molar-refractivity contribution in [2.75, 3.05) is 0 Å². The third-order valence-corrected chi connectivity index (χ3v) is 5.68. The maximum Gasteiger partial charge on any atom is 0.303 e. The lowest BCUT2D eigenvalue weighted by Crippen LogP contribution is -2.36. The Morgan fingerprint density at radius 1 is 1.06 bits per heavy atom. The average Bonchev–Trinajstić information content (AvgIpc) is 2.91. The first-order valence-electron chi connectivity index (χ1n) is 11.4. The Morgan fingerprint density at radius 3 is 2.24 bits per heavy atom. The first-order chi connectivity index (χ1) is 15.5. The number of aliphatic carboxylic acids is 1. The van der Waals surface area contributed by atoms with E-state index < -0.39 is 41.5 Å². The van der Waals surface area contributed by atoms with Gasteiger partial charge in [0.2, 0.25) is 5.78 Å². The standard InChI is InChI=1S/C24H35ClO8/c1-4-5-6-7-8-9-13-24(31)15-19(25)23(30)18(24)14-21(33-17(3)27)20(32-16(2)26)11-10-12-22(28)29/h14-15,20-21,31H,4-13H2,1-3H3,(H,28,29)/t20-,21+,24+/m0/s1. The molecule has 0 aromatic rings. The number of ketones is 1. The SMILES string of the molecule is CCCCCCCC[C@@]1(O)C=C(Cl)C(=O)C1=C[C@@H](OC(C)=O)[C@H](CCCC(=O)O)OC(C)=O. The van der Waals surface area contributed by atoms with E-state index in [-0.39, 0.29) is 36.3 Å². The van der Waals surface area contributed by atoms with E-state index >= 15 is 0 Å². The number of esters is 2. The summed E-state index contributed by atoms with van der Waals surface area (Å²) >= 11 is 6.05. The maximum absolute atomic E-state index is 12.7. The van der Waals surface area contributed by atoms with Crippen LogP contribution in [-0.4, -0.2) is 51.7 Å². The Bertz CT molecular complexity index is 772. The number of hydrogen-bond acceptors (Lipinski definition) is 7. The predicted molar refractivity (Wildman–Crippen MR) is 123 cm³/mol. The van der Waals surface area contributed by atoms with Gasteiger partial charge < -0.3 is 19.7 Å². The number of unbranched alkanes of at least 4 members (excludes halogenated alkanes) is 5. The molecule has 0 spiro atoms. The van der Waals surface area contributed by atoms with Crippen LogP contribution in [0.2, 0.25) is 0 Å². The fourth-order valence-electron chi connectivity index (χ4n) is 3.81. The minimum absolute atomic E-state index is 0.0392. The zero-order valence-corrected chi connectivity index (χ0v) is 20.4. The van der Waals surface area contributed by atoms with Gasteiger partial charge in [-0.1, -0.05) is 50.6 Å². The van der Waals surface area contributed by atoms with Gasteiger partial charge in [0, 0.05) is 25.8 Å². The van der Waals surface area contributed by atoms with Crippen LogP contribution in [0.4, 0.5) is 0 Å². The van der Waals surface area contributed by atoms with Crippen LogP contribution in [-0.2, 0) is 28.7 Å². The molecule has 0 aromatic heterocycles. The Labute approximate surface area is 200 Å². The Morgan fingerprint density at radius 2 is 1.67 bits per heavy atom. The number of halogens is 1. The molecule has 0 fully saturated rings. The summed E-state index contributed by atoms with van der Waals surface area (Å²) in [6.45, 7) is 4.47. The number of carbonyl (C=O) groups is 4. The van der Waals surface area contributed by atoms with Gasteiger partial charge in [-0.15, -0.1) is 0 Å². The number of allylic oxidation sites excluding steroid dienone is 1. The molecule has 0 radical (unpaired) electrons. The van der Waals surface area contributed by atoms with Gasteiger partial charge in [-0.05, 0) is 37.8 Å². The second-order valence-electron chi connectivity index (χ2n) is 8.35. The molecular weight excluding hydrogens is 452 g/mol. The third kappa shape index (κ3) is 10.1. The van der Waals surface area contributed by atoms with E-state index in [9.17, 15) is 24.3 Å². The summed E-state index contributed by atoms with van der Waals surface area (Å²) in [6.07, 6.45) is 6.62. The van der Waals surface area contributed by atoms with Crippen LogP contribution in [0.25, 0.3) is 0 Å². The molecule has 0 unspecified atom stereocenters. The summed E-state index contributed by atoms with van der Waals surface area (Å²) < 4.78 is 10.6. The van der Waals surface area contributed by atoms with Gasteiger partial charge in [0.05, 0.1) is 5.03 Å². The number of aliphatic hydroxyl groups is 1. The molecule has 0 bridgehead atoms. The molecule has 1 rings (SSSR count). The number of ether oxygens (including phenoxy) is 2. The molecule has 0 heterocycles. The van der Waals surface area contributed by atoms with Gasteiger partial charge in [0.15, 0.2) is 6.10 Å². The highest BCUT2D eigenvalue weighted by molar-refractivity contribution is 6.46. The summed E-state index contributed by atoms with van der Waals surface area (Å²) in [6, 6.07) is 0. The molecule has 0 saturated carbocycles. The van der Waals surface area contributed by atoms with Crippen LogP contribution in [0.5, 0.6) is 0 Å². The van der Waals surface area contributed by atoms with Crippen molar-refractivity contribution in [3.8, 4) is 0 Å². The first kappa shape index (κ1) is 28.8. The van der Waals surface area contributed by atoms with Crippen molar-refractivity contribution in [3.05, 3.63) is 22.8 Å². The van der Waals surface area contributed by atoms with Crippen LogP contribution >= 0.6 is 11.6 Å². The normalized spacial score (nSPS) is 20.9. The molecule has 0 saturated heterocycles. The molecule has 2 N–H and O–H groups in total. The summed E-state index contributed by atoms with van der Waals surface area (Å²) in [5.74, 6) is -2.94. The molecule has 1 aliphatic carbocycles. The quantitative estimate of drug-likeness (QED) is 0.200. The van der Waals surface area contributed by atoms with Crippen molar-refractivity contribution in [3.63, 3.8) is 0 Å². The van der Waals surface area contributed by atoms with Crippen LogP contribution < -0.4 is 0 Å². The minimum atomic E-state index is -1.63. The number of hydrogen-bond donors (Lipinski definition) is 2. The fourth-order valence-corrected chi connectivity index (χ4v) is 4.09. The predicted octanol–water partition coefficient (Wildman–Crippen LogP) is 4.22. The van der Waals surface area contributed by atoms with Gasteiger partial charge in [-0.3, -0.25) is 19.2 Å². The van der Waals surface area contributed by atoms with Crippen LogP contribution in [0.1, 0.15) is 85.0 Å². The molecule has 33 heavy (non-hydrogen) atoms. The Kier molecular flexibility index (Phi) is 12.4. The highest BCUT2D eigenvalue weighted by Crippen LogP contribution is 2.37. The second-order valence-corrected chi connectivity index (χ2v) is 8.76. The van der Waals surface area contributed by atoms with E-state index in [0.717, 1.165) is 39.0 Å². The molecular formula is C24H35ClO8. The Balaban J connectivity index is 3.13. The second kappa shape index (κ2) is 14.2. The smallest absolute Gasteiger partial charge is 0.303 e. The van der Waals surface area contributed by atoms with E-state index in [1.807, 2.05) is 0 Å². The number of carboxylic acid groups (broad SMARTS) is 1. The lowest BCUT2D eigenvalue weighted by atomic mass is 9.88. The van der Waals surface area contributed by atoms with E-state index in [0.29, 0.717) is 6.42 Å². The van der Waals surface area contributed by atoms with Gasteiger partial charge in [0.25, 0.3) is 0 Å². The summed E-state index contributed by atoms with van der Waals surface area (Å²) in [4.78, 5) is 46.9. The summed E-state index contributed by atoms with van der Waals surface area (Å²) in [5, 5.41) is 20.0. The highest BCUT2D eigenvalue weighted by Gasteiger charge is 2.42. The topological polar surface area (TPSA) is 127 Å². The van der Waals surface area contributed by atoms with E-state index in [1.165, 1.54) is 19.1 Å². The largest absolute Gasteiger partial charge is 0.481 e. The molecule has 3 atom stereocenters. The van der Waals surface area contributed by atoms with Crippen molar-refractivity contribution < 1.29 is 38.9 Å². The van der Waals surface area contributed by atoms with Crippen molar-refractivity contribution in [1.82, 2.24) is 0 Å². The number of carbonyl (C=O) groups excluding carboxylic acids is 3. The van der Waals surface area contributed by atoms with Crippen LogP contribution in [0.15, 0.2) is 22.8 Å². The molecule has 0 amide bonds. The zero-order valence-electron chi connectivity index (χ0n) is 19.6. The van der Waals surface area contributed by atoms with Crippen LogP contribution in [0.3, 0.4) is 0 Å².